The summed E-state index contributed by atoms with van der Waals surface area (Å²) in [5.41, 5.74) is 1.33. The van der Waals surface area contributed by atoms with E-state index in [9.17, 15) is 29.4 Å². The summed E-state index contributed by atoms with van der Waals surface area (Å²) in [7, 11) is 3.14. The topological polar surface area (TPSA) is 143 Å². The number of carbonyl (C=O) groups excluding carboxylic acids is 2. The molecule has 224 valence electrons. The molecule has 41 heavy (non-hydrogen) atoms. The molecule has 0 radical (unpaired) electrons. The van der Waals surface area contributed by atoms with Crippen LogP contribution in [0.25, 0.3) is 0 Å². The van der Waals surface area contributed by atoms with Gasteiger partial charge in [-0.3, -0.25) is 9.59 Å². The first-order valence-corrected chi connectivity index (χ1v) is 17.8. The van der Waals surface area contributed by atoms with E-state index in [1.54, 1.807) is 26.2 Å². The Balaban J connectivity index is 1.74. The van der Waals surface area contributed by atoms with Crippen molar-refractivity contribution in [1.29, 1.82) is 0 Å². The number of nitrogens with zero attached hydrogens (tertiary/aromatic N) is 2. The average molecular weight is 1240 g/mol. The third-order valence-electron chi connectivity index (χ3n) is 5.33. The third kappa shape index (κ3) is 10.3. The SMILES string of the molecule is CN(C(=O)COCCOCCOCC(=O)N(C)c1c(I)cc(I)c(C(=O)O)c1I)c1c(I)cc(I)c(C(=O)O)c1I. The predicted octanol–water partition coefficient (Wildman–Crippen LogP) is 5.39. The molecule has 0 unspecified atom stereocenters. The Morgan fingerprint density at radius 2 is 0.927 bits per heavy atom. The molecule has 0 fully saturated rings. The summed E-state index contributed by atoms with van der Waals surface area (Å²) in [4.78, 5) is 51.3. The van der Waals surface area contributed by atoms with Crippen LogP contribution in [0.1, 0.15) is 20.7 Å². The lowest BCUT2D eigenvalue weighted by atomic mass is 10.2. The van der Waals surface area contributed by atoms with Gasteiger partial charge in [-0.15, -0.1) is 0 Å². The third-order valence-corrected chi connectivity index (χ3v) is 10.8. The van der Waals surface area contributed by atoms with Gasteiger partial charge in [0.05, 0.1) is 56.1 Å². The van der Waals surface area contributed by atoms with Crippen LogP contribution in [-0.4, -0.2) is 87.7 Å². The number of amides is 2. The van der Waals surface area contributed by atoms with Crippen LogP contribution in [-0.2, 0) is 23.8 Å². The highest BCUT2D eigenvalue weighted by Crippen LogP contribution is 2.35. The largest absolute Gasteiger partial charge is 0.478 e. The number of carboxylic acids is 2. The van der Waals surface area contributed by atoms with Gasteiger partial charge in [-0.25, -0.2) is 9.59 Å². The molecule has 0 spiro atoms. The van der Waals surface area contributed by atoms with Gasteiger partial charge in [0.2, 0.25) is 0 Å². The van der Waals surface area contributed by atoms with E-state index in [1.165, 1.54) is 9.80 Å². The van der Waals surface area contributed by atoms with Gasteiger partial charge in [-0.05, 0) is 148 Å². The van der Waals surface area contributed by atoms with Crippen LogP contribution in [0.4, 0.5) is 11.4 Å². The Kier molecular flexibility index (Phi) is 16.5. The molecule has 0 aliphatic rings. The molecule has 0 bridgehead atoms. The molecule has 11 nitrogen and oxygen atoms in total. The van der Waals surface area contributed by atoms with Crippen molar-refractivity contribution in [1.82, 2.24) is 0 Å². The second kappa shape index (κ2) is 17.9. The normalized spacial score (nSPS) is 10.9. The first-order chi connectivity index (χ1) is 19.2. The molecule has 2 rings (SSSR count). The minimum atomic E-state index is -1.06. The van der Waals surface area contributed by atoms with Crippen LogP contribution in [0.2, 0.25) is 0 Å². The maximum Gasteiger partial charge on any atom is 0.337 e. The molecule has 17 heteroatoms. The van der Waals surface area contributed by atoms with Gasteiger partial charge >= 0.3 is 11.9 Å². The van der Waals surface area contributed by atoms with E-state index in [-0.39, 0.29) is 62.6 Å². The van der Waals surface area contributed by atoms with E-state index in [2.05, 4.69) is 45.2 Å². The first-order valence-electron chi connectivity index (χ1n) is 11.3. The molecule has 0 heterocycles. The van der Waals surface area contributed by atoms with Gasteiger partial charge in [0.25, 0.3) is 11.8 Å². The highest BCUT2D eigenvalue weighted by atomic mass is 127. The molecule has 0 aliphatic carbocycles. The Bertz CT molecular complexity index is 1240. The average Bonchev–Trinajstić information content (AvgIpc) is 2.85. The van der Waals surface area contributed by atoms with Crippen molar-refractivity contribution in [3.05, 3.63) is 44.7 Å². The lowest BCUT2D eigenvalue weighted by molar-refractivity contribution is -0.123. The minimum absolute atomic E-state index is 0.151. The van der Waals surface area contributed by atoms with Crippen LogP contribution in [0.3, 0.4) is 0 Å². The highest BCUT2D eigenvalue weighted by molar-refractivity contribution is 14.1. The quantitative estimate of drug-likeness (QED) is 0.188. The number of hydrogen-bond donors (Lipinski definition) is 2. The number of anilines is 2. The van der Waals surface area contributed by atoms with E-state index >= 15 is 0 Å². The molecule has 2 aromatic rings. The maximum absolute atomic E-state index is 12.6. The molecule has 0 atom stereocenters. The molecule has 0 aliphatic heterocycles. The van der Waals surface area contributed by atoms with Crippen molar-refractivity contribution in [2.24, 2.45) is 0 Å². The molecule has 0 saturated heterocycles. The van der Waals surface area contributed by atoms with E-state index in [4.69, 9.17) is 14.2 Å². The fraction of sp³-hybridized carbons (Fsp3) is 0.333. The number of carbonyl (C=O) groups is 4. The molecule has 0 aromatic heterocycles. The van der Waals surface area contributed by atoms with Gasteiger partial charge in [0.15, 0.2) is 0 Å². The number of benzene rings is 2. The van der Waals surface area contributed by atoms with Crippen LogP contribution in [0.5, 0.6) is 0 Å². The number of likely N-dealkylation sites (N-methyl/N-ethyl adjacent to an activating group) is 2. The van der Waals surface area contributed by atoms with Crippen LogP contribution in [0.15, 0.2) is 12.1 Å². The number of carboxylic acid groups (broad SMARTS) is 2. The lowest BCUT2D eigenvalue weighted by Gasteiger charge is -2.22. The summed E-state index contributed by atoms with van der Waals surface area (Å²) in [6.07, 6.45) is 0. The Morgan fingerprint density at radius 1 is 0.610 bits per heavy atom. The highest BCUT2D eigenvalue weighted by Gasteiger charge is 2.25. The van der Waals surface area contributed by atoms with Crippen LogP contribution in [0, 0.1) is 21.4 Å². The van der Waals surface area contributed by atoms with E-state index < -0.39 is 11.9 Å². The van der Waals surface area contributed by atoms with Crippen molar-refractivity contribution in [3.63, 3.8) is 0 Å². The summed E-state index contributed by atoms with van der Waals surface area (Å²) in [5, 5.41) is 19.0. The van der Waals surface area contributed by atoms with Crippen molar-refractivity contribution >= 4 is 171 Å². The minimum Gasteiger partial charge on any atom is -0.478 e. The fourth-order valence-electron chi connectivity index (χ4n) is 3.27. The van der Waals surface area contributed by atoms with Crippen molar-refractivity contribution in [2.45, 2.75) is 0 Å². The van der Waals surface area contributed by atoms with Crippen LogP contribution >= 0.6 is 136 Å². The maximum atomic E-state index is 12.6. The summed E-state index contributed by atoms with van der Waals surface area (Å²) in [6.45, 7) is 0.283. The zero-order chi connectivity index (χ0) is 31.0. The van der Waals surface area contributed by atoms with E-state index in [0.29, 0.717) is 25.7 Å². The molecule has 2 aromatic carbocycles. The number of rotatable bonds is 14. The Morgan fingerprint density at radius 3 is 1.24 bits per heavy atom. The molecular weight excluding hydrogens is 1220 g/mol. The van der Waals surface area contributed by atoms with Gasteiger partial charge in [0, 0.05) is 28.4 Å². The zero-order valence-corrected chi connectivity index (χ0v) is 34.3. The summed E-state index contributed by atoms with van der Waals surface area (Å²) in [6, 6.07) is 3.43. The van der Waals surface area contributed by atoms with Crippen molar-refractivity contribution in [3.8, 4) is 0 Å². The van der Waals surface area contributed by atoms with E-state index in [0.717, 1.165) is 7.14 Å². The van der Waals surface area contributed by atoms with Crippen LogP contribution < -0.4 is 9.80 Å². The zero-order valence-electron chi connectivity index (χ0n) is 21.3. The Hall–Kier alpha value is 0.580. The fourth-order valence-corrected chi connectivity index (χ4v) is 12.4. The number of hydrogen-bond acceptors (Lipinski definition) is 7. The number of aromatic carboxylic acids is 2. The lowest BCUT2D eigenvalue weighted by Crippen LogP contribution is -2.32. The van der Waals surface area contributed by atoms with Gasteiger partial charge in [-0.1, -0.05) is 0 Å². The standard InChI is InChI=1S/C24H22I6N2O9/c1-31(21-13(27)7-11(25)17(19(21)29)23(35)36)15(33)9-40-5-3-39-4-6-41-10-16(34)32(2)22-14(28)8-12(26)18(20(22)30)24(37)38/h7-8H,3-6,9-10H2,1-2H3,(H,35,36)(H,37,38). The van der Waals surface area contributed by atoms with E-state index in [1.807, 2.05) is 90.4 Å². The van der Waals surface area contributed by atoms with Gasteiger partial charge in [-0.2, -0.15) is 0 Å². The summed E-state index contributed by atoms with van der Waals surface area (Å²) < 4.78 is 19.9. The van der Waals surface area contributed by atoms with Gasteiger partial charge < -0.3 is 34.2 Å². The first kappa shape index (κ1) is 37.8. The predicted molar refractivity (Wildman–Crippen MR) is 202 cm³/mol. The van der Waals surface area contributed by atoms with Crippen molar-refractivity contribution in [2.75, 3.05) is 63.5 Å². The number of halogens is 6. The van der Waals surface area contributed by atoms with Crippen molar-refractivity contribution < 1.29 is 43.6 Å². The molecular formula is C24H22I6N2O9. The second-order valence-corrected chi connectivity index (χ2v) is 14.8. The molecule has 0 saturated carbocycles. The summed E-state index contributed by atoms with van der Waals surface area (Å²) in [5.74, 6) is -2.79. The summed E-state index contributed by atoms with van der Waals surface area (Å²) >= 11 is 11.9. The monoisotopic (exact) mass is 1240 g/mol. The second-order valence-electron chi connectivity index (χ2n) is 7.99. The smallest absolute Gasteiger partial charge is 0.337 e. The molecule has 2 amide bonds. The van der Waals surface area contributed by atoms with Gasteiger partial charge in [0.1, 0.15) is 13.2 Å². The Labute approximate surface area is 318 Å². The number of ether oxygens (including phenoxy) is 3. The molecule has 2 N–H and O–H groups in total.